The molecule has 0 saturated carbocycles. The number of halogens is 1. The van der Waals surface area contributed by atoms with Crippen LogP contribution in [0, 0.1) is 5.82 Å². The van der Waals surface area contributed by atoms with Crippen LogP contribution in [0.5, 0.6) is 0 Å². The summed E-state index contributed by atoms with van der Waals surface area (Å²) in [6.07, 6.45) is 0.544. The molecular weight excluding hydrogens is 397 g/mol. The Bertz CT molecular complexity index is 845. The van der Waals surface area contributed by atoms with Gasteiger partial charge in [0, 0.05) is 43.6 Å². The number of esters is 1. The lowest BCUT2D eigenvalue weighted by atomic mass is 10.1. The third-order valence-corrected chi connectivity index (χ3v) is 5.40. The van der Waals surface area contributed by atoms with Gasteiger partial charge in [-0.05, 0) is 31.5 Å². The van der Waals surface area contributed by atoms with Gasteiger partial charge < -0.3 is 19.9 Å². The number of hydrogen-bond acceptors (Lipinski definition) is 7. The summed E-state index contributed by atoms with van der Waals surface area (Å²) < 4.78 is 22.3. The molecule has 1 aliphatic rings. The monoisotopic (exact) mass is 421 g/mol. The van der Waals surface area contributed by atoms with Gasteiger partial charge in [0.1, 0.15) is 18.2 Å². The molecule has 2 heterocycles. The molecule has 29 heavy (non-hydrogen) atoms. The molecule has 1 fully saturated rings. The molecule has 1 aromatic heterocycles. The first-order valence-corrected chi connectivity index (χ1v) is 10.3. The summed E-state index contributed by atoms with van der Waals surface area (Å²) in [5.74, 6) is -0.0209. The van der Waals surface area contributed by atoms with Crippen molar-refractivity contribution in [2.45, 2.75) is 26.3 Å². The second-order valence-electron chi connectivity index (χ2n) is 6.75. The number of piperazine rings is 1. The van der Waals surface area contributed by atoms with Crippen LogP contribution in [0.15, 0.2) is 24.3 Å². The minimum atomic E-state index is -0.449. The van der Waals surface area contributed by atoms with Crippen molar-refractivity contribution < 1.29 is 18.7 Å². The number of anilines is 1. The number of nitrogens with one attached hydrogen (secondary N) is 1. The molecule has 1 aromatic carbocycles. The number of nitrogens with zero attached hydrogens (tertiary/aromatic N) is 4. The molecule has 1 unspecified atom stereocenters. The molecule has 2 aromatic rings. The van der Waals surface area contributed by atoms with E-state index in [-0.39, 0.29) is 31.0 Å². The Balaban J connectivity index is 1.53. The van der Waals surface area contributed by atoms with Crippen LogP contribution in [-0.2, 0) is 16.0 Å². The van der Waals surface area contributed by atoms with Gasteiger partial charge in [0.15, 0.2) is 0 Å². The highest BCUT2D eigenvalue weighted by molar-refractivity contribution is 7.09. The number of benzene rings is 1. The minimum absolute atomic E-state index is 0.0459. The van der Waals surface area contributed by atoms with Crippen LogP contribution in [-0.4, -0.2) is 65.1 Å². The van der Waals surface area contributed by atoms with E-state index in [0.717, 1.165) is 10.7 Å². The van der Waals surface area contributed by atoms with E-state index >= 15 is 0 Å². The Kier molecular flexibility index (Phi) is 6.97. The number of ether oxygens (including phenoxy) is 1. The molecule has 2 amide bonds. The van der Waals surface area contributed by atoms with E-state index in [1.807, 2.05) is 6.92 Å². The Hall–Kier alpha value is -2.75. The molecule has 0 aliphatic carbocycles. The molecule has 0 bridgehead atoms. The Morgan fingerprint density at radius 3 is 2.76 bits per heavy atom. The maximum absolute atomic E-state index is 13.0. The summed E-state index contributed by atoms with van der Waals surface area (Å²) in [7, 11) is 0. The topological polar surface area (TPSA) is 87.7 Å². The average Bonchev–Trinajstić information content (AvgIpc) is 3.16. The van der Waals surface area contributed by atoms with E-state index in [4.69, 9.17) is 4.74 Å². The maximum atomic E-state index is 13.0. The number of carbonyl (C=O) groups excluding carboxylic acids is 2. The number of urea groups is 1. The van der Waals surface area contributed by atoms with Crippen molar-refractivity contribution in [3.05, 3.63) is 41.5 Å². The molecule has 0 radical (unpaired) electrons. The van der Waals surface area contributed by atoms with Crippen molar-refractivity contribution >= 4 is 28.7 Å². The quantitative estimate of drug-likeness (QED) is 0.719. The second-order valence-corrected chi connectivity index (χ2v) is 7.48. The Labute approximate surface area is 172 Å². The van der Waals surface area contributed by atoms with E-state index in [1.165, 1.54) is 23.7 Å². The average molecular weight is 421 g/mol. The molecule has 1 saturated heterocycles. The first kappa shape index (κ1) is 21.0. The van der Waals surface area contributed by atoms with E-state index in [9.17, 15) is 14.0 Å². The van der Waals surface area contributed by atoms with Gasteiger partial charge in [0.25, 0.3) is 0 Å². The fraction of sp³-hybridized carbons (Fsp3) is 0.474. The van der Waals surface area contributed by atoms with Gasteiger partial charge in [-0.3, -0.25) is 4.79 Å². The highest BCUT2D eigenvalue weighted by atomic mass is 32.1. The zero-order valence-electron chi connectivity index (χ0n) is 16.4. The third-order valence-electron chi connectivity index (χ3n) is 4.58. The lowest BCUT2D eigenvalue weighted by molar-refractivity contribution is -0.141. The van der Waals surface area contributed by atoms with Crippen LogP contribution in [0.25, 0.3) is 0 Å². The zero-order chi connectivity index (χ0) is 20.8. The van der Waals surface area contributed by atoms with Crippen molar-refractivity contribution in [2.75, 3.05) is 37.7 Å². The van der Waals surface area contributed by atoms with Gasteiger partial charge in [-0.15, -0.1) is 0 Å². The highest BCUT2D eigenvalue weighted by Gasteiger charge is 2.29. The second kappa shape index (κ2) is 9.64. The van der Waals surface area contributed by atoms with Crippen molar-refractivity contribution in [1.82, 2.24) is 19.6 Å². The van der Waals surface area contributed by atoms with Gasteiger partial charge in [0.2, 0.25) is 5.13 Å². The lowest BCUT2D eigenvalue weighted by Gasteiger charge is -2.39. The molecule has 1 N–H and O–H groups in total. The van der Waals surface area contributed by atoms with Crippen LogP contribution < -0.4 is 10.2 Å². The number of hydrogen-bond donors (Lipinski definition) is 1. The van der Waals surface area contributed by atoms with Gasteiger partial charge in [-0.25, -0.2) is 14.2 Å². The molecule has 10 heteroatoms. The largest absolute Gasteiger partial charge is 0.465 e. The molecule has 1 atom stereocenters. The first-order chi connectivity index (χ1) is 14.0. The third kappa shape index (κ3) is 5.63. The SMILES string of the molecule is CCOC(=O)CNC(=O)N1CCN(c2nc(Cc3ccc(F)cc3)ns2)CC1C. The molecule has 3 rings (SSSR count). The minimum Gasteiger partial charge on any atom is -0.465 e. The lowest BCUT2D eigenvalue weighted by Crippen LogP contribution is -2.57. The fourth-order valence-corrected chi connectivity index (χ4v) is 3.84. The van der Waals surface area contributed by atoms with Crippen molar-refractivity contribution in [2.24, 2.45) is 0 Å². The van der Waals surface area contributed by atoms with Gasteiger partial charge in [-0.2, -0.15) is 4.37 Å². The molecule has 1 aliphatic heterocycles. The van der Waals surface area contributed by atoms with Crippen LogP contribution in [0.3, 0.4) is 0 Å². The van der Waals surface area contributed by atoms with Gasteiger partial charge in [-0.1, -0.05) is 12.1 Å². The number of rotatable bonds is 6. The van der Waals surface area contributed by atoms with E-state index in [2.05, 4.69) is 19.6 Å². The Morgan fingerprint density at radius 2 is 2.07 bits per heavy atom. The molecule has 0 spiro atoms. The van der Waals surface area contributed by atoms with E-state index in [1.54, 1.807) is 24.0 Å². The summed E-state index contributed by atoms with van der Waals surface area (Å²) in [4.78, 5) is 32.1. The summed E-state index contributed by atoms with van der Waals surface area (Å²) >= 11 is 1.32. The Morgan fingerprint density at radius 1 is 1.31 bits per heavy atom. The molecule has 156 valence electrons. The summed E-state index contributed by atoms with van der Waals surface area (Å²) in [5.41, 5.74) is 0.951. The first-order valence-electron chi connectivity index (χ1n) is 9.48. The van der Waals surface area contributed by atoms with Crippen LogP contribution in [0.4, 0.5) is 14.3 Å². The number of carbonyl (C=O) groups is 2. The number of amides is 2. The van der Waals surface area contributed by atoms with Crippen molar-refractivity contribution in [3.8, 4) is 0 Å². The highest BCUT2D eigenvalue weighted by Crippen LogP contribution is 2.22. The summed E-state index contributed by atoms with van der Waals surface area (Å²) in [6.45, 7) is 5.59. The predicted octanol–water partition coefficient (Wildman–Crippen LogP) is 2.05. The predicted molar refractivity (Wildman–Crippen MR) is 108 cm³/mol. The summed E-state index contributed by atoms with van der Waals surface area (Å²) in [5, 5.41) is 3.41. The summed E-state index contributed by atoms with van der Waals surface area (Å²) in [6, 6.07) is 5.99. The van der Waals surface area contributed by atoms with E-state index < -0.39 is 5.97 Å². The van der Waals surface area contributed by atoms with Gasteiger partial charge >= 0.3 is 12.0 Å². The molecular formula is C19H24FN5O3S. The number of aromatic nitrogens is 2. The van der Waals surface area contributed by atoms with Crippen molar-refractivity contribution in [1.29, 1.82) is 0 Å². The van der Waals surface area contributed by atoms with Crippen LogP contribution in [0.1, 0.15) is 25.2 Å². The van der Waals surface area contributed by atoms with Crippen LogP contribution >= 0.6 is 11.5 Å². The zero-order valence-corrected chi connectivity index (χ0v) is 17.2. The fourth-order valence-electron chi connectivity index (χ4n) is 3.12. The van der Waals surface area contributed by atoms with E-state index in [0.29, 0.717) is 31.9 Å². The molecule has 8 nitrogen and oxygen atoms in total. The van der Waals surface area contributed by atoms with Crippen molar-refractivity contribution in [3.63, 3.8) is 0 Å². The van der Waals surface area contributed by atoms with Gasteiger partial charge in [0.05, 0.1) is 6.61 Å². The maximum Gasteiger partial charge on any atom is 0.325 e. The smallest absolute Gasteiger partial charge is 0.325 e. The van der Waals surface area contributed by atoms with Crippen LogP contribution in [0.2, 0.25) is 0 Å². The standard InChI is InChI=1S/C19H24FN5O3S/c1-3-28-17(26)11-21-18(27)25-9-8-24(12-13(25)2)19-22-16(23-29-19)10-14-4-6-15(20)7-5-14/h4-7,13H,3,8-12H2,1-2H3,(H,21,27). The normalized spacial score (nSPS) is 16.6.